The molecule has 0 atom stereocenters. The molecule has 0 heterocycles. The summed E-state index contributed by atoms with van der Waals surface area (Å²) in [5.41, 5.74) is 5.64. The van der Waals surface area contributed by atoms with E-state index in [4.69, 9.17) is 4.74 Å². The van der Waals surface area contributed by atoms with Gasteiger partial charge in [-0.25, -0.2) is 5.43 Å². The van der Waals surface area contributed by atoms with Crippen LogP contribution < -0.4 is 10.2 Å². The van der Waals surface area contributed by atoms with Crippen molar-refractivity contribution in [1.29, 1.82) is 0 Å². The van der Waals surface area contributed by atoms with Gasteiger partial charge < -0.3 is 4.74 Å². The number of nitrogens with zero attached hydrogens (tertiary/aromatic N) is 1. The second-order valence-electron chi connectivity index (χ2n) is 5.81. The maximum Gasteiger partial charge on any atom is 0.277 e. The summed E-state index contributed by atoms with van der Waals surface area (Å²) in [6, 6.07) is 13.7. The van der Waals surface area contributed by atoms with Gasteiger partial charge in [-0.05, 0) is 47.7 Å². The second kappa shape index (κ2) is 8.64. The molecule has 24 heavy (non-hydrogen) atoms. The second-order valence-corrected chi connectivity index (χ2v) is 6.73. The number of aryl methyl sites for hydroxylation is 1. The third-order valence-electron chi connectivity index (χ3n) is 3.50. The normalized spacial score (nSPS) is 11.0. The molecule has 0 aliphatic carbocycles. The number of hydrazone groups is 1. The highest BCUT2D eigenvalue weighted by Crippen LogP contribution is 2.21. The van der Waals surface area contributed by atoms with E-state index in [-0.39, 0.29) is 12.5 Å². The van der Waals surface area contributed by atoms with E-state index in [2.05, 4.69) is 52.4 Å². The summed E-state index contributed by atoms with van der Waals surface area (Å²) >= 11 is 3.39. The number of ether oxygens (including phenoxy) is 1. The number of rotatable bonds is 6. The van der Waals surface area contributed by atoms with E-state index >= 15 is 0 Å². The lowest BCUT2D eigenvalue weighted by molar-refractivity contribution is -0.123. The van der Waals surface area contributed by atoms with E-state index in [1.807, 2.05) is 37.3 Å². The quantitative estimate of drug-likeness (QED) is 0.588. The lowest BCUT2D eigenvalue weighted by Gasteiger charge is -2.08. The molecular formula is C19H21BrN2O2. The molecule has 0 fully saturated rings. The average molecular weight is 389 g/mol. The van der Waals surface area contributed by atoms with E-state index in [9.17, 15) is 4.79 Å². The fourth-order valence-corrected chi connectivity index (χ4v) is 2.57. The van der Waals surface area contributed by atoms with Crippen LogP contribution in [0, 0.1) is 6.92 Å². The summed E-state index contributed by atoms with van der Waals surface area (Å²) < 4.78 is 6.47. The van der Waals surface area contributed by atoms with Crippen molar-refractivity contribution in [3.05, 3.63) is 63.6 Å². The Hall–Kier alpha value is -2.14. The van der Waals surface area contributed by atoms with Crippen LogP contribution in [-0.4, -0.2) is 18.7 Å². The number of hydrogen-bond donors (Lipinski definition) is 1. The summed E-state index contributed by atoms with van der Waals surface area (Å²) in [6.07, 6.45) is 1.62. The number of benzene rings is 2. The van der Waals surface area contributed by atoms with Crippen molar-refractivity contribution >= 4 is 28.1 Å². The number of carbonyl (C=O) groups excluding carboxylic acids is 1. The number of halogens is 1. The SMILES string of the molecule is Cc1cc(Br)ccc1OCC(=O)NN=Cc1ccc(C(C)C)cc1. The summed E-state index contributed by atoms with van der Waals surface area (Å²) in [7, 11) is 0. The number of nitrogens with one attached hydrogen (secondary N) is 1. The van der Waals surface area contributed by atoms with E-state index in [1.54, 1.807) is 6.21 Å². The van der Waals surface area contributed by atoms with Crippen LogP contribution in [0.2, 0.25) is 0 Å². The zero-order valence-corrected chi connectivity index (χ0v) is 15.6. The fraction of sp³-hybridized carbons (Fsp3) is 0.263. The van der Waals surface area contributed by atoms with Gasteiger partial charge in [-0.2, -0.15) is 5.10 Å². The van der Waals surface area contributed by atoms with Gasteiger partial charge in [0.25, 0.3) is 5.91 Å². The molecule has 0 radical (unpaired) electrons. The standard InChI is InChI=1S/C19H21BrN2O2/c1-13(2)16-6-4-15(5-7-16)11-21-22-19(23)12-24-18-9-8-17(20)10-14(18)3/h4-11,13H,12H2,1-3H3,(H,22,23). The Labute approximate surface area is 151 Å². The topological polar surface area (TPSA) is 50.7 Å². The van der Waals surface area contributed by atoms with Crippen LogP contribution in [0.25, 0.3) is 0 Å². The van der Waals surface area contributed by atoms with Crippen LogP contribution in [-0.2, 0) is 4.79 Å². The average Bonchev–Trinajstić information content (AvgIpc) is 2.54. The molecule has 2 aromatic carbocycles. The molecular weight excluding hydrogens is 368 g/mol. The smallest absolute Gasteiger partial charge is 0.277 e. The molecule has 0 aliphatic heterocycles. The molecule has 0 spiro atoms. The van der Waals surface area contributed by atoms with Gasteiger partial charge in [0.1, 0.15) is 5.75 Å². The third kappa shape index (κ3) is 5.49. The monoisotopic (exact) mass is 388 g/mol. The predicted molar refractivity (Wildman–Crippen MR) is 101 cm³/mol. The van der Waals surface area contributed by atoms with Gasteiger partial charge >= 0.3 is 0 Å². The van der Waals surface area contributed by atoms with Gasteiger partial charge in [0, 0.05) is 4.47 Å². The number of hydrogen-bond acceptors (Lipinski definition) is 3. The molecule has 2 aromatic rings. The summed E-state index contributed by atoms with van der Waals surface area (Å²) in [6.45, 7) is 6.15. The Bertz CT molecular complexity index is 725. The molecule has 0 saturated carbocycles. The van der Waals surface area contributed by atoms with E-state index in [1.165, 1.54) is 5.56 Å². The Morgan fingerprint density at radius 1 is 1.25 bits per heavy atom. The first-order chi connectivity index (χ1) is 11.5. The lowest BCUT2D eigenvalue weighted by Crippen LogP contribution is -2.24. The molecule has 0 unspecified atom stereocenters. The fourth-order valence-electron chi connectivity index (χ4n) is 2.10. The largest absolute Gasteiger partial charge is 0.483 e. The zero-order chi connectivity index (χ0) is 17.5. The molecule has 0 aliphatic rings. The van der Waals surface area contributed by atoms with Crippen molar-refractivity contribution in [1.82, 2.24) is 5.43 Å². The Morgan fingerprint density at radius 2 is 1.96 bits per heavy atom. The van der Waals surface area contributed by atoms with Gasteiger partial charge in [-0.15, -0.1) is 0 Å². The van der Waals surface area contributed by atoms with Gasteiger partial charge in [-0.1, -0.05) is 54.0 Å². The minimum Gasteiger partial charge on any atom is -0.483 e. The van der Waals surface area contributed by atoms with Crippen LogP contribution in [0.1, 0.15) is 36.5 Å². The summed E-state index contributed by atoms with van der Waals surface area (Å²) in [5, 5.41) is 3.95. The van der Waals surface area contributed by atoms with Crippen LogP contribution in [0.3, 0.4) is 0 Å². The molecule has 0 aromatic heterocycles. The molecule has 1 amide bonds. The van der Waals surface area contributed by atoms with Crippen molar-refractivity contribution in [3.8, 4) is 5.75 Å². The highest BCUT2D eigenvalue weighted by molar-refractivity contribution is 9.10. The third-order valence-corrected chi connectivity index (χ3v) is 4.00. The Balaban J connectivity index is 1.82. The first-order valence-corrected chi connectivity index (χ1v) is 8.56. The minimum atomic E-state index is -0.299. The number of amides is 1. The van der Waals surface area contributed by atoms with Crippen molar-refractivity contribution in [2.24, 2.45) is 5.10 Å². The molecule has 0 saturated heterocycles. The molecule has 2 rings (SSSR count). The van der Waals surface area contributed by atoms with Crippen molar-refractivity contribution < 1.29 is 9.53 Å². The first-order valence-electron chi connectivity index (χ1n) is 7.76. The molecule has 1 N–H and O–H groups in total. The minimum absolute atomic E-state index is 0.0773. The Morgan fingerprint density at radius 3 is 2.58 bits per heavy atom. The van der Waals surface area contributed by atoms with Crippen molar-refractivity contribution in [3.63, 3.8) is 0 Å². The number of carbonyl (C=O) groups is 1. The first kappa shape index (κ1) is 18.2. The summed E-state index contributed by atoms with van der Waals surface area (Å²) in [5.74, 6) is 0.879. The van der Waals surface area contributed by atoms with E-state index in [0.29, 0.717) is 11.7 Å². The molecule has 126 valence electrons. The maximum atomic E-state index is 11.8. The molecule has 0 bridgehead atoms. The van der Waals surface area contributed by atoms with Gasteiger partial charge in [0.2, 0.25) is 0 Å². The van der Waals surface area contributed by atoms with E-state index < -0.39 is 0 Å². The zero-order valence-electron chi connectivity index (χ0n) is 14.0. The van der Waals surface area contributed by atoms with Crippen LogP contribution in [0.4, 0.5) is 0 Å². The van der Waals surface area contributed by atoms with Crippen molar-refractivity contribution in [2.75, 3.05) is 6.61 Å². The van der Waals surface area contributed by atoms with Gasteiger partial charge in [-0.3, -0.25) is 4.79 Å². The van der Waals surface area contributed by atoms with E-state index in [0.717, 1.165) is 15.6 Å². The van der Waals surface area contributed by atoms with Crippen LogP contribution in [0.15, 0.2) is 52.0 Å². The summed E-state index contributed by atoms with van der Waals surface area (Å²) in [4.78, 5) is 11.8. The molecule has 4 nitrogen and oxygen atoms in total. The highest BCUT2D eigenvalue weighted by Gasteiger charge is 2.04. The lowest BCUT2D eigenvalue weighted by atomic mass is 10.0. The molecule has 5 heteroatoms. The maximum absolute atomic E-state index is 11.8. The van der Waals surface area contributed by atoms with Gasteiger partial charge in [0.15, 0.2) is 6.61 Å². The van der Waals surface area contributed by atoms with Crippen molar-refractivity contribution in [2.45, 2.75) is 26.7 Å². The van der Waals surface area contributed by atoms with Gasteiger partial charge in [0.05, 0.1) is 6.21 Å². The van der Waals surface area contributed by atoms with Crippen LogP contribution >= 0.6 is 15.9 Å². The highest BCUT2D eigenvalue weighted by atomic mass is 79.9. The predicted octanol–water partition coefficient (Wildman–Crippen LogP) is 4.41. The van der Waals surface area contributed by atoms with Crippen LogP contribution in [0.5, 0.6) is 5.75 Å². The Kier molecular flexibility index (Phi) is 6.55.